The van der Waals surface area contributed by atoms with Crippen LogP contribution in [-0.2, 0) is 4.79 Å². The molecule has 0 unspecified atom stereocenters. The lowest BCUT2D eigenvalue weighted by molar-refractivity contribution is -0.117. The minimum atomic E-state index is 0.327. The van der Waals surface area contributed by atoms with Crippen LogP contribution in [0.5, 0.6) is 0 Å². The van der Waals surface area contributed by atoms with Gasteiger partial charge in [0.2, 0.25) is 0 Å². The molecular weight excluding hydrogens is 174 g/mol. The smallest absolute Gasteiger partial charge is 0.129 e. The fraction of sp³-hybridized carbons (Fsp3) is 0.917. The quantitative estimate of drug-likeness (QED) is 0.549. The van der Waals surface area contributed by atoms with Crippen molar-refractivity contribution in [3.8, 4) is 0 Å². The van der Waals surface area contributed by atoms with Crippen molar-refractivity contribution >= 4 is 5.78 Å². The Balaban J connectivity index is 2.88. The van der Waals surface area contributed by atoms with Crippen molar-refractivity contribution < 1.29 is 4.79 Å². The number of unbranched alkanes of at least 4 members (excludes halogenated alkanes) is 7. The Bertz CT molecular complexity index is 134. The molecule has 14 heavy (non-hydrogen) atoms. The fourth-order valence-corrected chi connectivity index (χ4v) is 1.58. The van der Waals surface area contributed by atoms with E-state index >= 15 is 0 Å². The summed E-state index contributed by atoms with van der Waals surface area (Å²) in [5.74, 6) is 0.327. The van der Waals surface area contributed by atoms with Gasteiger partial charge in [-0.05, 0) is 26.3 Å². The Labute approximate surface area is 88.3 Å². The molecule has 0 aromatic carbocycles. The zero-order chi connectivity index (χ0) is 10.6. The molecule has 0 aliphatic rings. The number of Topliss-reactive ketones (excluding diaryl/α,β-unsaturated/α-hetero) is 1. The largest absolute Gasteiger partial charge is 0.330 e. The Morgan fingerprint density at radius 2 is 1.29 bits per heavy atom. The van der Waals surface area contributed by atoms with Gasteiger partial charge in [-0.25, -0.2) is 0 Å². The summed E-state index contributed by atoms with van der Waals surface area (Å²) >= 11 is 0. The van der Waals surface area contributed by atoms with E-state index in [4.69, 9.17) is 5.73 Å². The molecule has 2 N–H and O–H groups in total. The van der Waals surface area contributed by atoms with E-state index in [1.165, 1.54) is 44.9 Å². The molecule has 0 aromatic rings. The average molecular weight is 199 g/mol. The second-order valence-corrected chi connectivity index (χ2v) is 4.07. The van der Waals surface area contributed by atoms with Gasteiger partial charge in [-0.3, -0.25) is 0 Å². The van der Waals surface area contributed by atoms with Gasteiger partial charge < -0.3 is 10.5 Å². The van der Waals surface area contributed by atoms with Crippen LogP contribution >= 0.6 is 0 Å². The molecular formula is C12H25NO. The zero-order valence-corrected chi connectivity index (χ0v) is 9.56. The van der Waals surface area contributed by atoms with E-state index in [1.54, 1.807) is 6.92 Å². The molecule has 0 saturated heterocycles. The van der Waals surface area contributed by atoms with Crippen molar-refractivity contribution in [1.29, 1.82) is 0 Å². The zero-order valence-electron chi connectivity index (χ0n) is 9.56. The lowest BCUT2D eigenvalue weighted by Gasteiger charge is -2.00. The van der Waals surface area contributed by atoms with E-state index in [2.05, 4.69) is 0 Å². The van der Waals surface area contributed by atoms with Gasteiger partial charge in [0.25, 0.3) is 0 Å². The van der Waals surface area contributed by atoms with E-state index in [0.29, 0.717) is 5.78 Å². The van der Waals surface area contributed by atoms with Gasteiger partial charge in [0.1, 0.15) is 5.78 Å². The molecule has 0 aromatic heterocycles. The Morgan fingerprint density at radius 3 is 1.71 bits per heavy atom. The van der Waals surface area contributed by atoms with Gasteiger partial charge in [0, 0.05) is 6.42 Å². The summed E-state index contributed by atoms with van der Waals surface area (Å²) in [4.78, 5) is 10.6. The first-order valence-corrected chi connectivity index (χ1v) is 5.97. The third-order valence-corrected chi connectivity index (χ3v) is 2.48. The number of hydrogen-bond donors (Lipinski definition) is 1. The summed E-state index contributed by atoms with van der Waals surface area (Å²) in [6.07, 6.45) is 10.8. The number of ketones is 1. The molecule has 0 bridgehead atoms. The molecule has 0 heterocycles. The molecule has 0 spiro atoms. The Kier molecular flexibility index (Phi) is 10.4. The first kappa shape index (κ1) is 13.6. The van der Waals surface area contributed by atoms with Gasteiger partial charge in [-0.1, -0.05) is 38.5 Å². The van der Waals surface area contributed by atoms with Crippen LogP contribution in [0.25, 0.3) is 0 Å². The number of carbonyl (C=O) groups is 1. The van der Waals surface area contributed by atoms with Gasteiger partial charge in [0.15, 0.2) is 0 Å². The number of hydrogen-bond acceptors (Lipinski definition) is 2. The normalized spacial score (nSPS) is 10.4. The maximum atomic E-state index is 10.6. The molecule has 0 fully saturated rings. The molecule has 0 amide bonds. The van der Waals surface area contributed by atoms with Crippen molar-refractivity contribution in [2.75, 3.05) is 6.54 Å². The molecule has 0 atom stereocenters. The van der Waals surface area contributed by atoms with Crippen LogP contribution in [0.4, 0.5) is 0 Å². The average Bonchev–Trinajstić information content (AvgIpc) is 2.15. The highest BCUT2D eigenvalue weighted by Crippen LogP contribution is 2.09. The molecule has 0 rings (SSSR count). The van der Waals surface area contributed by atoms with E-state index in [-0.39, 0.29) is 0 Å². The summed E-state index contributed by atoms with van der Waals surface area (Å²) < 4.78 is 0. The summed E-state index contributed by atoms with van der Waals surface area (Å²) in [5, 5.41) is 0. The molecule has 0 aliphatic carbocycles. The van der Waals surface area contributed by atoms with E-state index in [9.17, 15) is 4.79 Å². The van der Waals surface area contributed by atoms with E-state index in [1.807, 2.05) is 0 Å². The third kappa shape index (κ3) is 11.6. The predicted octanol–water partition coefficient (Wildman–Crippen LogP) is 3.05. The molecule has 0 saturated carbocycles. The molecule has 2 nitrogen and oxygen atoms in total. The van der Waals surface area contributed by atoms with Gasteiger partial charge in [0.05, 0.1) is 0 Å². The second-order valence-electron chi connectivity index (χ2n) is 4.07. The number of rotatable bonds is 10. The highest BCUT2D eigenvalue weighted by molar-refractivity contribution is 5.75. The van der Waals surface area contributed by atoms with Crippen LogP contribution in [0.2, 0.25) is 0 Å². The van der Waals surface area contributed by atoms with Crippen LogP contribution in [-0.4, -0.2) is 12.3 Å². The van der Waals surface area contributed by atoms with Crippen molar-refractivity contribution in [3.05, 3.63) is 0 Å². The topological polar surface area (TPSA) is 43.1 Å². The summed E-state index contributed by atoms with van der Waals surface area (Å²) in [6, 6.07) is 0. The maximum Gasteiger partial charge on any atom is 0.129 e. The van der Waals surface area contributed by atoms with Crippen LogP contribution < -0.4 is 5.73 Å². The van der Waals surface area contributed by atoms with Gasteiger partial charge in [-0.2, -0.15) is 0 Å². The molecule has 84 valence electrons. The van der Waals surface area contributed by atoms with Gasteiger partial charge in [-0.15, -0.1) is 0 Å². The summed E-state index contributed by atoms with van der Waals surface area (Å²) in [6.45, 7) is 2.51. The minimum Gasteiger partial charge on any atom is -0.330 e. The second kappa shape index (κ2) is 10.7. The van der Waals surface area contributed by atoms with Crippen LogP contribution in [0.15, 0.2) is 0 Å². The van der Waals surface area contributed by atoms with Crippen molar-refractivity contribution in [2.45, 2.75) is 64.7 Å². The standard InChI is InChI=1S/C12H25NO/c1-12(14)10-8-6-4-2-3-5-7-9-11-13/h2-11,13H2,1H3. The van der Waals surface area contributed by atoms with E-state index in [0.717, 1.165) is 19.4 Å². The van der Waals surface area contributed by atoms with Crippen LogP contribution in [0.3, 0.4) is 0 Å². The lowest BCUT2D eigenvalue weighted by Crippen LogP contribution is -1.97. The summed E-state index contributed by atoms with van der Waals surface area (Å²) in [7, 11) is 0. The predicted molar refractivity (Wildman–Crippen MR) is 61.3 cm³/mol. The number of nitrogens with two attached hydrogens (primary N) is 1. The number of carbonyl (C=O) groups excluding carboxylic acids is 1. The van der Waals surface area contributed by atoms with Crippen molar-refractivity contribution in [2.24, 2.45) is 5.73 Å². The highest BCUT2D eigenvalue weighted by Gasteiger charge is 1.94. The Morgan fingerprint density at radius 1 is 0.857 bits per heavy atom. The third-order valence-electron chi connectivity index (χ3n) is 2.48. The van der Waals surface area contributed by atoms with E-state index < -0.39 is 0 Å². The van der Waals surface area contributed by atoms with Gasteiger partial charge >= 0.3 is 0 Å². The summed E-state index contributed by atoms with van der Waals surface area (Å²) in [5.41, 5.74) is 5.41. The first-order valence-electron chi connectivity index (χ1n) is 5.97. The highest BCUT2D eigenvalue weighted by atomic mass is 16.1. The lowest BCUT2D eigenvalue weighted by atomic mass is 10.1. The first-order chi connectivity index (χ1) is 6.77. The maximum absolute atomic E-state index is 10.6. The Hall–Kier alpha value is -0.370. The molecule has 0 radical (unpaired) electrons. The van der Waals surface area contributed by atoms with Crippen molar-refractivity contribution in [1.82, 2.24) is 0 Å². The molecule has 2 heteroatoms. The van der Waals surface area contributed by atoms with Crippen molar-refractivity contribution in [3.63, 3.8) is 0 Å². The molecule has 0 aliphatic heterocycles. The monoisotopic (exact) mass is 199 g/mol. The SMILES string of the molecule is CC(=O)CCCCCCCCCCN. The van der Waals surface area contributed by atoms with Crippen LogP contribution in [0, 0.1) is 0 Å². The fourth-order valence-electron chi connectivity index (χ4n) is 1.58. The van der Waals surface area contributed by atoms with Crippen LogP contribution in [0.1, 0.15) is 64.7 Å². The minimum absolute atomic E-state index is 0.327.